The van der Waals surface area contributed by atoms with E-state index in [-0.39, 0.29) is 25.7 Å². The summed E-state index contributed by atoms with van der Waals surface area (Å²) in [6, 6.07) is 0. The molecule has 3 N–H and O–H groups in total. The van der Waals surface area contributed by atoms with Gasteiger partial charge in [-0.15, -0.1) is 0 Å². The van der Waals surface area contributed by atoms with Gasteiger partial charge in [-0.25, -0.2) is 9.13 Å². The number of esters is 4. The summed E-state index contributed by atoms with van der Waals surface area (Å²) in [5.41, 5.74) is 0. The van der Waals surface area contributed by atoms with Crippen LogP contribution in [0.1, 0.15) is 357 Å². The molecule has 17 nitrogen and oxygen atoms in total. The number of aliphatic hydroxyl groups is 1. The Balaban J connectivity index is 5.27. The minimum absolute atomic E-state index is 0.100. The van der Waals surface area contributed by atoms with E-state index < -0.39 is 97.5 Å². The van der Waals surface area contributed by atoms with E-state index in [1.54, 1.807) is 0 Å². The van der Waals surface area contributed by atoms with Crippen molar-refractivity contribution in [3.8, 4) is 0 Å². The Morgan fingerprint density at radius 3 is 0.947 bits per heavy atom. The highest BCUT2D eigenvalue weighted by Gasteiger charge is 2.30. The summed E-state index contributed by atoms with van der Waals surface area (Å²) in [5, 5.41) is 10.6. The van der Waals surface area contributed by atoms with Crippen molar-refractivity contribution >= 4 is 39.5 Å². The Morgan fingerprint density at radius 2 is 0.628 bits per heavy atom. The average molecular weight is 1380 g/mol. The standard InChI is InChI=1S/C75H142O17P2/c1-8-10-11-12-13-14-15-16-17-21-24-27-35-42-49-56-72(77)85-62-70(91-74(79)58-51-44-37-28-25-22-19-18-20-23-26-34-41-48-55-68(7)9-2)64-89-93(81,82)87-60-69(76)61-88-94(83,84)90-65-71(92-75(80)59-52-45-38-31-33-40-47-54-67(5)6)63-86-73(78)57-50-43-36-30-29-32-39-46-53-66(3)4/h14-17,66-71,76H,8-13,18-65H2,1-7H3,(H,81,82)(H,83,84)/b15-14-,17-16-/t68?,69?,70-,71-/m1/s1. The molecular weight excluding hydrogens is 1230 g/mol. The van der Waals surface area contributed by atoms with Gasteiger partial charge in [0.2, 0.25) is 0 Å². The average Bonchev–Trinajstić information content (AvgIpc) is 2.00. The SMILES string of the molecule is CCCCCC/C=C\C=C/CCCCCCCC(=O)OC[C@H](COP(=O)(O)OCC(O)COP(=O)(O)OC[C@@H](COC(=O)CCCCCCCCCCC(C)C)OC(=O)CCCCCCCCCC(C)C)OC(=O)CCCCCCCCCCCCCCCCC(C)CC. The molecule has 0 aliphatic carbocycles. The largest absolute Gasteiger partial charge is 0.472 e. The fourth-order valence-electron chi connectivity index (χ4n) is 10.9. The van der Waals surface area contributed by atoms with Crippen LogP contribution in [0.2, 0.25) is 0 Å². The van der Waals surface area contributed by atoms with Crippen molar-refractivity contribution in [1.82, 2.24) is 0 Å². The Labute approximate surface area is 573 Å². The lowest BCUT2D eigenvalue weighted by Crippen LogP contribution is -2.30. The first-order valence-electron chi connectivity index (χ1n) is 38.2. The second-order valence-corrected chi connectivity index (χ2v) is 30.5. The highest BCUT2D eigenvalue weighted by molar-refractivity contribution is 7.47. The van der Waals surface area contributed by atoms with Crippen LogP contribution in [0.3, 0.4) is 0 Å². The van der Waals surface area contributed by atoms with Crippen molar-refractivity contribution in [3.05, 3.63) is 24.3 Å². The van der Waals surface area contributed by atoms with Crippen LogP contribution in [0.4, 0.5) is 0 Å². The molecule has 94 heavy (non-hydrogen) atoms. The van der Waals surface area contributed by atoms with Gasteiger partial charge in [0.25, 0.3) is 0 Å². The molecular formula is C75H142O17P2. The Hall–Kier alpha value is -2.46. The molecule has 6 atom stereocenters. The molecule has 0 aromatic carbocycles. The Morgan fingerprint density at radius 1 is 0.351 bits per heavy atom. The number of carbonyl (C=O) groups is 4. The van der Waals surface area contributed by atoms with E-state index in [0.29, 0.717) is 31.6 Å². The summed E-state index contributed by atoms with van der Waals surface area (Å²) < 4.78 is 68.4. The van der Waals surface area contributed by atoms with Crippen LogP contribution < -0.4 is 0 Å². The number of phosphoric ester groups is 2. The number of hydrogen-bond acceptors (Lipinski definition) is 15. The van der Waals surface area contributed by atoms with Gasteiger partial charge in [-0.2, -0.15) is 0 Å². The first-order valence-corrected chi connectivity index (χ1v) is 41.2. The van der Waals surface area contributed by atoms with Crippen LogP contribution in [0, 0.1) is 17.8 Å². The predicted molar refractivity (Wildman–Crippen MR) is 381 cm³/mol. The lowest BCUT2D eigenvalue weighted by molar-refractivity contribution is -0.161. The first-order chi connectivity index (χ1) is 45.3. The molecule has 0 saturated heterocycles. The Kier molecular flexibility index (Phi) is 63.5. The van der Waals surface area contributed by atoms with Crippen LogP contribution in [-0.4, -0.2) is 96.7 Å². The van der Waals surface area contributed by atoms with Crippen LogP contribution >= 0.6 is 15.6 Å². The maximum atomic E-state index is 13.1. The summed E-state index contributed by atoms with van der Waals surface area (Å²) in [4.78, 5) is 72.7. The molecule has 554 valence electrons. The van der Waals surface area contributed by atoms with Crippen LogP contribution in [0.5, 0.6) is 0 Å². The van der Waals surface area contributed by atoms with Gasteiger partial charge in [-0.05, 0) is 69.1 Å². The number of unbranched alkanes of at least 4 members (excludes halogenated alkanes) is 35. The van der Waals surface area contributed by atoms with Gasteiger partial charge in [-0.1, -0.05) is 304 Å². The molecule has 19 heteroatoms. The molecule has 0 radical (unpaired) electrons. The van der Waals surface area contributed by atoms with E-state index in [1.165, 1.54) is 148 Å². The zero-order valence-electron chi connectivity index (χ0n) is 60.9. The molecule has 0 heterocycles. The number of allylic oxidation sites excluding steroid dienone is 4. The number of ether oxygens (including phenoxy) is 4. The monoisotopic (exact) mass is 1380 g/mol. The highest BCUT2D eigenvalue weighted by atomic mass is 31.2. The Bertz CT molecular complexity index is 1930. The normalized spacial score (nSPS) is 14.6. The third-order valence-electron chi connectivity index (χ3n) is 17.1. The molecule has 4 unspecified atom stereocenters. The molecule has 0 aromatic rings. The zero-order chi connectivity index (χ0) is 69.4. The van der Waals surface area contributed by atoms with E-state index in [1.807, 2.05) is 0 Å². The molecule has 0 spiro atoms. The fourth-order valence-corrected chi connectivity index (χ4v) is 12.4. The number of rotatable bonds is 71. The van der Waals surface area contributed by atoms with Gasteiger partial charge < -0.3 is 33.8 Å². The minimum Gasteiger partial charge on any atom is -0.462 e. The molecule has 0 rings (SSSR count). The van der Waals surface area contributed by atoms with Gasteiger partial charge in [0.15, 0.2) is 12.2 Å². The third-order valence-corrected chi connectivity index (χ3v) is 19.0. The summed E-state index contributed by atoms with van der Waals surface area (Å²) in [6.45, 7) is 11.8. The molecule has 0 fully saturated rings. The van der Waals surface area contributed by atoms with Gasteiger partial charge in [0.1, 0.15) is 19.3 Å². The van der Waals surface area contributed by atoms with Crippen molar-refractivity contribution < 1.29 is 80.2 Å². The summed E-state index contributed by atoms with van der Waals surface area (Å²) >= 11 is 0. The zero-order valence-corrected chi connectivity index (χ0v) is 62.7. The maximum Gasteiger partial charge on any atom is 0.472 e. The van der Waals surface area contributed by atoms with Crippen LogP contribution in [-0.2, 0) is 65.4 Å². The number of phosphoric acid groups is 2. The maximum absolute atomic E-state index is 13.1. The molecule has 0 bridgehead atoms. The second kappa shape index (κ2) is 65.2. The predicted octanol–water partition coefficient (Wildman–Crippen LogP) is 21.3. The highest BCUT2D eigenvalue weighted by Crippen LogP contribution is 2.45. The molecule has 0 aliphatic heterocycles. The van der Waals surface area contributed by atoms with Crippen molar-refractivity contribution in [2.24, 2.45) is 17.8 Å². The van der Waals surface area contributed by atoms with Gasteiger partial charge in [-0.3, -0.25) is 37.3 Å². The number of aliphatic hydroxyl groups excluding tert-OH is 1. The summed E-state index contributed by atoms with van der Waals surface area (Å²) in [5.74, 6) is 0.110. The summed E-state index contributed by atoms with van der Waals surface area (Å²) in [7, 11) is -9.92. The minimum atomic E-state index is -4.96. The lowest BCUT2D eigenvalue weighted by Gasteiger charge is -2.21. The quantitative estimate of drug-likeness (QED) is 0.0169. The lowest BCUT2D eigenvalue weighted by atomic mass is 9.99. The third kappa shape index (κ3) is 66.8. The van der Waals surface area contributed by atoms with Gasteiger partial charge in [0.05, 0.1) is 26.4 Å². The number of hydrogen-bond donors (Lipinski definition) is 3. The molecule has 0 aromatic heterocycles. The van der Waals surface area contributed by atoms with Crippen LogP contribution in [0.25, 0.3) is 0 Å². The second-order valence-electron chi connectivity index (χ2n) is 27.5. The van der Waals surface area contributed by atoms with E-state index in [2.05, 4.69) is 72.8 Å². The van der Waals surface area contributed by atoms with Crippen LogP contribution in [0.15, 0.2) is 24.3 Å². The van der Waals surface area contributed by atoms with E-state index in [4.69, 9.17) is 37.0 Å². The molecule has 0 saturated carbocycles. The van der Waals surface area contributed by atoms with Gasteiger partial charge in [0, 0.05) is 25.7 Å². The van der Waals surface area contributed by atoms with Crippen molar-refractivity contribution in [3.63, 3.8) is 0 Å². The van der Waals surface area contributed by atoms with E-state index in [0.717, 1.165) is 121 Å². The molecule has 0 amide bonds. The van der Waals surface area contributed by atoms with E-state index >= 15 is 0 Å². The topological polar surface area (TPSA) is 237 Å². The van der Waals surface area contributed by atoms with Crippen molar-refractivity contribution in [2.45, 2.75) is 375 Å². The van der Waals surface area contributed by atoms with E-state index in [9.17, 15) is 43.2 Å². The van der Waals surface area contributed by atoms with Gasteiger partial charge >= 0.3 is 39.5 Å². The molecule has 0 aliphatic rings. The fraction of sp³-hybridized carbons (Fsp3) is 0.893. The summed E-state index contributed by atoms with van der Waals surface area (Å²) in [6.07, 6.45) is 53.6. The first kappa shape index (κ1) is 91.5. The smallest absolute Gasteiger partial charge is 0.462 e. The van der Waals surface area contributed by atoms with Crippen molar-refractivity contribution in [1.29, 1.82) is 0 Å². The number of carbonyl (C=O) groups excluding carboxylic acids is 4. The van der Waals surface area contributed by atoms with Crippen molar-refractivity contribution in [2.75, 3.05) is 39.6 Å².